The zero-order valence-corrected chi connectivity index (χ0v) is 31.8. The molecule has 3 aromatic rings. The Labute approximate surface area is 315 Å². The van der Waals surface area contributed by atoms with Gasteiger partial charge in [0.15, 0.2) is 17.6 Å². The number of fused-ring (bicyclic) bond motifs is 1. The molecule has 2 aromatic carbocycles. The van der Waals surface area contributed by atoms with Crippen LogP contribution in [0.3, 0.4) is 0 Å². The van der Waals surface area contributed by atoms with E-state index in [-0.39, 0.29) is 19.2 Å². The molecule has 2 aliphatic rings. The summed E-state index contributed by atoms with van der Waals surface area (Å²) in [7, 11) is 3.06. The fraction of sp³-hybridized carbons (Fsp3) is 0.513. The average Bonchev–Trinajstić information content (AvgIpc) is 3.66. The van der Waals surface area contributed by atoms with Gasteiger partial charge in [-0.3, -0.25) is 24.3 Å². The van der Waals surface area contributed by atoms with Gasteiger partial charge in [-0.25, -0.2) is 4.79 Å². The number of likely N-dealkylation sites (tertiary alicyclic amines) is 1. The number of carbonyl (C=O) groups excluding carboxylic acids is 4. The van der Waals surface area contributed by atoms with Crippen LogP contribution in [0.1, 0.15) is 56.0 Å². The van der Waals surface area contributed by atoms with Crippen molar-refractivity contribution in [2.75, 3.05) is 66.6 Å². The predicted octanol–water partition coefficient (Wildman–Crippen LogP) is 2.97. The Morgan fingerprint density at radius 2 is 1.70 bits per heavy atom. The Morgan fingerprint density at radius 1 is 0.944 bits per heavy atom. The van der Waals surface area contributed by atoms with Gasteiger partial charge in [0.1, 0.15) is 11.4 Å². The highest BCUT2D eigenvalue weighted by Crippen LogP contribution is 2.28. The van der Waals surface area contributed by atoms with Gasteiger partial charge >= 0.3 is 6.09 Å². The molecule has 0 bridgehead atoms. The van der Waals surface area contributed by atoms with Crippen molar-refractivity contribution in [3.63, 3.8) is 0 Å². The van der Waals surface area contributed by atoms with Crippen molar-refractivity contribution in [1.82, 2.24) is 30.3 Å². The molecule has 292 valence electrons. The molecule has 3 heterocycles. The first-order valence-electron chi connectivity index (χ1n) is 18.3. The van der Waals surface area contributed by atoms with Crippen molar-refractivity contribution < 1.29 is 43.2 Å². The highest BCUT2D eigenvalue weighted by molar-refractivity contribution is 6.07. The molecule has 2 atom stereocenters. The molecule has 2 saturated heterocycles. The summed E-state index contributed by atoms with van der Waals surface area (Å²) in [5, 5.41) is 16.9. The molecule has 5 rings (SSSR count). The van der Waals surface area contributed by atoms with E-state index >= 15 is 0 Å². The van der Waals surface area contributed by atoms with E-state index in [0.29, 0.717) is 72.8 Å². The van der Waals surface area contributed by atoms with Crippen LogP contribution in [-0.2, 0) is 20.9 Å². The van der Waals surface area contributed by atoms with Gasteiger partial charge in [0.25, 0.3) is 11.8 Å². The minimum atomic E-state index is -1.44. The van der Waals surface area contributed by atoms with Crippen LogP contribution in [-0.4, -0.2) is 133 Å². The third-order valence-electron chi connectivity index (χ3n) is 9.44. The summed E-state index contributed by atoms with van der Waals surface area (Å²) in [5.41, 5.74) is 1.18. The van der Waals surface area contributed by atoms with Crippen molar-refractivity contribution >= 4 is 34.7 Å². The number of nitrogens with zero attached hydrogens (tertiary/aromatic N) is 4. The van der Waals surface area contributed by atoms with Crippen molar-refractivity contribution in [2.24, 2.45) is 0 Å². The fourth-order valence-electron chi connectivity index (χ4n) is 6.61. The quantitative estimate of drug-likeness (QED) is 0.207. The summed E-state index contributed by atoms with van der Waals surface area (Å²) in [6.07, 6.45) is 1.66. The maximum absolute atomic E-state index is 13.4. The van der Waals surface area contributed by atoms with E-state index < -0.39 is 35.5 Å². The van der Waals surface area contributed by atoms with Crippen LogP contribution in [0.5, 0.6) is 17.2 Å². The number of carbonyl (C=O) groups is 4. The summed E-state index contributed by atoms with van der Waals surface area (Å²) >= 11 is 0. The summed E-state index contributed by atoms with van der Waals surface area (Å²) in [6, 6.07) is 11.5. The SMILES string of the molecule is COc1ccc(CNC(=O)C(O)[C@@H]2CCCN2C(=O)CNC(=O)c2ccnc3ccc(OCCCN4CCN(C(=O)OC(C)(C)C)CC4)cc23)cc1OC. The van der Waals surface area contributed by atoms with Gasteiger partial charge in [0, 0.05) is 57.4 Å². The highest BCUT2D eigenvalue weighted by atomic mass is 16.6. The molecule has 54 heavy (non-hydrogen) atoms. The Kier molecular flexibility index (Phi) is 13.5. The normalized spacial score (nSPS) is 16.8. The van der Waals surface area contributed by atoms with Crippen LogP contribution in [0.2, 0.25) is 0 Å². The first-order chi connectivity index (χ1) is 25.9. The third kappa shape index (κ3) is 10.5. The average molecular weight is 749 g/mol. The lowest BCUT2D eigenvalue weighted by atomic mass is 10.1. The Morgan fingerprint density at radius 3 is 2.43 bits per heavy atom. The Bertz CT molecular complexity index is 1790. The lowest BCUT2D eigenvalue weighted by molar-refractivity contribution is -0.138. The van der Waals surface area contributed by atoms with Crippen LogP contribution >= 0.6 is 0 Å². The number of amides is 4. The number of methoxy groups -OCH3 is 2. The summed E-state index contributed by atoms with van der Waals surface area (Å²) in [5.74, 6) is 0.216. The number of pyridine rings is 1. The third-order valence-corrected chi connectivity index (χ3v) is 9.44. The van der Waals surface area contributed by atoms with Crippen LogP contribution in [0.15, 0.2) is 48.7 Å². The number of ether oxygens (including phenoxy) is 4. The van der Waals surface area contributed by atoms with Gasteiger partial charge in [-0.1, -0.05) is 6.07 Å². The Hall–Kier alpha value is -5.15. The van der Waals surface area contributed by atoms with Gasteiger partial charge < -0.3 is 44.5 Å². The number of aliphatic hydroxyl groups excluding tert-OH is 1. The molecular formula is C39H52N6O9. The van der Waals surface area contributed by atoms with E-state index in [1.54, 1.807) is 41.3 Å². The number of piperazine rings is 1. The molecule has 15 heteroatoms. The van der Waals surface area contributed by atoms with Gasteiger partial charge in [-0.05, 0) is 82.0 Å². The molecular weight excluding hydrogens is 696 g/mol. The minimum absolute atomic E-state index is 0.149. The lowest BCUT2D eigenvalue weighted by Crippen LogP contribution is -2.51. The lowest BCUT2D eigenvalue weighted by Gasteiger charge is -2.35. The van der Waals surface area contributed by atoms with Crippen LogP contribution in [0.4, 0.5) is 4.79 Å². The largest absolute Gasteiger partial charge is 0.494 e. The topological polar surface area (TPSA) is 172 Å². The zero-order chi connectivity index (χ0) is 38.8. The Balaban J connectivity index is 1.09. The first-order valence-corrected chi connectivity index (χ1v) is 18.3. The number of benzene rings is 2. The molecule has 4 amide bonds. The minimum Gasteiger partial charge on any atom is -0.494 e. The molecule has 0 radical (unpaired) electrons. The summed E-state index contributed by atoms with van der Waals surface area (Å²) in [4.78, 5) is 61.8. The summed E-state index contributed by atoms with van der Waals surface area (Å²) < 4.78 is 22.1. The van der Waals surface area contributed by atoms with E-state index in [2.05, 4.69) is 20.5 Å². The molecule has 15 nitrogen and oxygen atoms in total. The van der Waals surface area contributed by atoms with Crippen molar-refractivity contribution in [3.05, 3.63) is 59.8 Å². The number of aliphatic hydroxyl groups is 1. The molecule has 3 N–H and O–H groups in total. The van der Waals surface area contributed by atoms with E-state index in [4.69, 9.17) is 18.9 Å². The van der Waals surface area contributed by atoms with Gasteiger partial charge in [0.2, 0.25) is 5.91 Å². The second kappa shape index (κ2) is 18.3. The molecule has 1 aromatic heterocycles. The molecule has 2 aliphatic heterocycles. The first kappa shape index (κ1) is 40.0. The van der Waals surface area contributed by atoms with Crippen LogP contribution in [0, 0.1) is 0 Å². The van der Waals surface area contributed by atoms with Gasteiger partial charge in [-0.2, -0.15) is 0 Å². The fourth-order valence-corrected chi connectivity index (χ4v) is 6.61. The number of hydrogen-bond acceptors (Lipinski definition) is 11. The maximum atomic E-state index is 13.4. The van der Waals surface area contributed by atoms with E-state index in [1.807, 2.05) is 26.8 Å². The van der Waals surface area contributed by atoms with Crippen LogP contribution < -0.4 is 24.8 Å². The van der Waals surface area contributed by atoms with E-state index in [1.165, 1.54) is 25.3 Å². The van der Waals surface area contributed by atoms with Gasteiger partial charge in [-0.15, -0.1) is 0 Å². The van der Waals surface area contributed by atoms with Crippen molar-refractivity contribution in [3.8, 4) is 17.2 Å². The molecule has 1 unspecified atom stereocenters. The predicted molar refractivity (Wildman–Crippen MR) is 201 cm³/mol. The maximum Gasteiger partial charge on any atom is 0.410 e. The number of aromatic nitrogens is 1. The van der Waals surface area contributed by atoms with Crippen molar-refractivity contribution in [2.45, 2.75) is 64.3 Å². The zero-order valence-electron chi connectivity index (χ0n) is 31.8. The standard InChI is InChI=1S/C39H52N6O9/c1-39(2,3)54-38(50)44-19-17-43(18-20-44)15-7-21-53-27-10-11-30-29(23-27)28(13-14-40-30)36(48)42-25-34(46)45-16-6-8-31(45)35(47)37(49)41-24-26-9-12-32(51-4)33(22-26)52-5/h9-14,22-23,31,35,47H,6-8,15-21,24-25H2,1-5H3,(H,41,49)(H,42,48)/t31-,35?/m0/s1. The number of nitrogens with one attached hydrogen (secondary N) is 2. The molecule has 0 spiro atoms. The second-order valence-electron chi connectivity index (χ2n) is 14.4. The van der Waals surface area contributed by atoms with Crippen molar-refractivity contribution in [1.29, 1.82) is 0 Å². The highest BCUT2D eigenvalue weighted by Gasteiger charge is 2.37. The molecule has 0 saturated carbocycles. The number of hydrogen-bond donors (Lipinski definition) is 3. The van der Waals surface area contributed by atoms with E-state index in [9.17, 15) is 24.3 Å². The second-order valence-corrected chi connectivity index (χ2v) is 14.4. The molecule has 0 aliphatic carbocycles. The van der Waals surface area contributed by atoms with Crippen LogP contribution in [0.25, 0.3) is 10.9 Å². The summed E-state index contributed by atoms with van der Waals surface area (Å²) in [6.45, 7) is 9.83. The number of rotatable bonds is 14. The smallest absolute Gasteiger partial charge is 0.410 e. The monoisotopic (exact) mass is 748 g/mol. The van der Waals surface area contributed by atoms with Gasteiger partial charge in [0.05, 0.1) is 44.5 Å². The molecule has 2 fully saturated rings. The van der Waals surface area contributed by atoms with E-state index in [0.717, 1.165) is 31.6 Å².